The van der Waals surface area contributed by atoms with Gasteiger partial charge < -0.3 is 20.3 Å². The molecule has 1 aromatic carbocycles. The largest absolute Gasteiger partial charge is 0.497 e. The average Bonchev–Trinajstić information content (AvgIpc) is 2.47. The highest BCUT2D eigenvalue weighted by Crippen LogP contribution is 2.14. The van der Waals surface area contributed by atoms with Gasteiger partial charge in [-0.1, -0.05) is 13.8 Å². The van der Waals surface area contributed by atoms with E-state index in [9.17, 15) is 9.59 Å². The van der Waals surface area contributed by atoms with Crippen LogP contribution in [0.5, 0.6) is 5.75 Å². The predicted molar refractivity (Wildman–Crippen MR) is 90.7 cm³/mol. The van der Waals surface area contributed by atoms with Crippen LogP contribution in [0.1, 0.15) is 20.8 Å². The number of carbonyl (C=O) groups excluding carboxylic acids is 2. The highest BCUT2D eigenvalue weighted by atomic mass is 16.5. The molecular weight excluding hydrogens is 294 g/mol. The molecule has 3 N–H and O–H groups in total. The van der Waals surface area contributed by atoms with E-state index in [1.165, 1.54) is 0 Å². The van der Waals surface area contributed by atoms with Gasteiger partial charge in [0.05, 0.1) is 14.2 Å². The molecule has 0 bridgehead atoms. The van der Waals surface area contributed by atoms with Gasteiger partial charge in [0.2, 0.25) is 0 Å². The van der Waals surface area contributed by atoms with Crippen molar-refractivity contribution in [1.82, 2.24) is 5.32 Å². The molecule has 0 saturated carbocycles. The van der Waals surface area contributed by atoms with Gasteiger partial charge in [0.1, 0.15) is 5.75 Å². The van der Waals surface area contributed by atoms with Crippen molar-refractivity contribution in [2.75, 3.05) is 32.6 Å². The second kappa shape index (κ2) is 9.15. The number of hydrogen-bond donors (Lipinski definition) is 3. The van der Waals surface area contributed by atoms with E-state index in [0.717, 1.165) is 10.6 Å². The highest BCUT2D eigenvalue weighted by molar-refractivity contribution is 5.91. The molecule has 0 heterocycles. The van der Waals surface area contributed by atoms with E-state index in [1.54, 1.807) is 31.4 Å². The molecule has 0 fully saturated rings. The summed E-state index contributed by atoms with van der Waals surface area (Å²) in [6.45, 7) is 6.60. The van der Waals surface area contributed by atoms with Crippen LogP contribution in [0.3, 0.4) is 0 Å². The van der Waals surface area contributed by atoms with Gasteiger partial charge in [-0.2, -0.15) is 0 Å². The fourth-order valence-corrected chi connectivity index (χ4v) is 1.96. The molecule has 0 aliphatic rings. The second-order valence-electron chi connectivity index (χ2n) is 6.19. The average molecular weight is 322 g/mol. The SMILES string of the molecule is COc1ccc(NC(=O)C[NH+](C)CC(=O)N[C@H](C)C(C)C)cc1. The third kappa shape index (κ3) is 7.15. The van der Waals surface area contributed by atoms with Crippen LogP contribution < -0.4 is 20.3 Å². The summed E-state index contributed by atoms with van der Waals surface area (Å²) in [5.74, 6) is 0.956. The van der Waals surface area contributed by atoms with Crippen LogP contribution in [-0.2, 0) is 9.59 Å². The third-order valence-electron chi connectivity index (χ3n) is 3.69. The normalized spacial score (nSPS) is 13.3. The van der Waals surface area contributed by atoms with Gasteiger partial charge in [0, 0.05) is 11.7 Å². The summed E-state index contributed by atoms with van der Waals surface area (Å²) in [6.07, 6.45) is 0. The minimum absolute atomic E-state index is 0.0408. The number of benzene rings is 1. The number of anilines is 1. The summed E-state index contributed by atoms with van der Waals surface area (Å²) in [4.78, 5) is 24.7. The quantitative estimate of drug-likeness (QED) is 0.645. The minimum Gasteiger partial charge on any atom is -0.497 e. The number of quaternary nitrogens is 1. The lowest BCUT2D eigenvalue weighted by Gasteiger charge is -2.19. The summed E-state index contributed by atoms with van der Waals surface area (Å²) in [5.41, 5.74) is 0.710. The first-order valence-corrected chi connectivity index (χ1v) is 7.86. The molecule has 6 nitrogen and oxygen atoms in total. The fraction of sp³-hybridized carbons (Fsp3) is 0.529. The maximum absolute atomic E-state index is 12.0. The van der Waals surface area contributed by atoms with Gasteiger partial charge in [-0.05, 0) is 37.1 Å². The molecule has 2 atom stereocenters. The second-order valence-corrected chi connectivity index (χ2v) is 6.19. The van der Waals surface area contributed by atoms with Crippen molar-refractivity contribution in [3.8, 4) is 5.75 Å². The molecular formula is C17H28N3O3+. The first-order chi connectivity index (χ1) is 10.8. The Labute approximate surface area is 138 Å². The van der Waals surface area contributed by atoms with E-state index in [1.807, 2.05) is 14.0 Å². The Kier molecular flexibility index (Phi) is 7.54. The van der Waals surface area contributed by atoms with Crippen molar-refractivity contribution in [1.29, 1.82) is 0 Å². The van der Waals surface area contributed by atoms with E-state index in [0.29, 0.717) is 11.6 Å². The van der Waals surface area contributed by atoms with Crippen LogP contribution in [0.15, 0.2) is 24.3 Å². The number of nitrogens with one attached hydrogen (secondary N) is 3. The minimum atomic E-state index is -0.127. The smallest absolute Gasteiger partial charge is 0.279 e. The van der Waals surface area contributed by atoms with Crippen molar-refractivity contribution in [3.63, 3.8) is 0 Å². The molecule has 0 aliphatic heterocycles. The third-order valence-corrected chi connectivity index (χ3v) is 3.69. The van der Waals surface area contributed by atoms with Crippen LogP contribution in [0.2, 0.25) is 0 Å². The van der Waals surface area contributed by atoms with Crippen molar-refractivity contribution in [2.24, 2.45) is 5.92 Å². The molecule has 1 aromatic rings. The van der Waals surface area contributed by atoms with E-state index < -0.39 is 0 Å². The molecule has 0 saturated heterocycles. The van der Waals surface area contributed by atoms with Crippen LogP contribution >= 0.6 is 0 Å². The lowest BCUT2D eigenvalue weighted by atomic mass is 10.1. The van der Waals surface area contributed by atoms with Crippen LogP contribution in [0, 0.1) is 5.92 Å². The monoisotopic (exact) mass is 322 g/mol. The Morgan fingerprint density at radius 3 is 2.17 bits per heavy atom. The molecule has 0 radical (unpaired) electrons. The molecule has 1 unspecified atom stereocenters. The number of methoxy groups -OCH3 is 1. The maximum Gasteiger partial charge on any atom is 0.279 e. The summed E-state index contributed by atoms with van der Waals surface area (Å²) in [7, 11) is 3.42. The predicted octanol–water partition coefficient (Wildman–Crippen LogP) is 0.309. The number of carbonyl (C=O) groups is 2. The van der Waals surface area contributed by atoms with Crippen LogP contribution in [0.4, 0.5) is 5.69 Å². The van der Waals surface area contributed by atoms with Gasteiger partial charge in [-0.15, -0.1) is 0 Å². The lowest BCUT2D eigenvalue weighted by Crippen LogP contribution is -3.11. The Balaban J connectivity index is 2.39. The zero-order valence-corrected chi connectivity index (χ0v) is 14.6. The maximum atomic E-state index is 12.0. The summed E-state index contributed by atoms with van der Waals surface area (Å²) >= 11 is 0. The fourth-order valence-electron chi connectivity index (χ4n) is 1.96. The molecule has 23 heavy (non-hydrogen) atoms. The molecule has 1 rings (SSSR count). The number of ether oxygens (including phenoxy) is 1. The van der Waals surface area contributed by atoms with Gasteiger partial charge in [-0.3, -0.25) is 9.59 Å². The molecule has 0 aromatic heterocycles. The van der Waals surface area contributed by atoms with Gasteiger partial charge in [0.25, 0.3) is 11.8 Å². The van der Waals surface area contributed by atoms with E-state index in [2.05, 4.69) is 24.5 Å². The first-order valence-electron chi connectivity index (χ1n) is 7.86. The molecule has 0 aliphatic carbocycles. The van der Waals surface area contributed by atoms with Crippen LogP contribution in [0.25, 0.3) is 0 Å². The number of amides is 2. The number of rotatable bonds is 8. The zero-order valence-electron chi connectivity index (χ0n) is 14.6. The highest BCUT2D eigenvalue weighted by Gasteiger charge is 2.17. The first kappa shape index (κ1) is 19.0. The zero-order chi connectivity index (χ0) is 17.4. The lowest BCUT2D eigenvalue weighted by molar-refractivity contribution is -0.862. The Hall–Kier alpha value is -2.08. The number of hydrogen-bond acceptors (Lipinski definition) is 3. The van der Waals surface area contributed by atoms with E-state index in [4.69, 9.17) is 4.74 Å². The van der Waals surface area contributed by atoms with Crippen molar-refractivity contribution >= 4 is 17.5 Å². The van der Waals surface area contributed by atoms with Crippen molar-refractivity contribution in [3.05, 3.63) is 24.3 Å². The van der Waals surface area contributed by atoms with Crippen LogP contribution in [-0.4, -0.2) is 45.1 Å². The summed E-state index contributed by atoms with van der Waals surface area (Å²) in [5, 5.41) is 5.75. The Morgan fingerprint density at radius 1 is 1.09 bits per heavy atom. The molecule has 0 spiro atoms. The van der Waals surface area contributed by atoms with E-state index >= 15 is 0 Å². The topological polar surface area (TPSA) is 71.9 Å². The Bertz CT molecular complexity index is 514. The van der Waals surface area contributed by atoms with Gasteiger partial charge in [-0.25, -0.2) is 0 Å². The number of likely N-dealkylation sites (N-methyl/N-ethyl adjacent to an activating group) is 1. The Morgan fingerprint density at radius 2 is 1.65 bits per heavy atom. The molecule has 6 heteroatoms. The van der Waals surface area contributed by atoms with E-state index in [-0.39, 0.29) is 30.9 Å². The standard InChI is InChI=1S/C17H27N3O3/c1-12(2)13(3)18-16(21)10-20(4)11-17(22)19-14-6-8-15(23-5)9-7-14/h6-9,12-13H,10-11H2,1-5H3,(H,18,21)(H,19,22)/p+1/t13-/m1/s1. The molecule has 2 amide bonds. The molecule has 128 valence electrons. The van der Waals surface area contributed by atoms with Gasteiger partial charge in [0.15, 0.2) is 13.1 Å². The van der Waals surface area contributed by atoms with Crippen molar-refractivity contribution < 1.29 is 19.2 Å². The van der Waals surface area contributed by atoms with Crippen molar-refractivity contribution in [2.45, 2.75) is 26.8 Å². The summed E-state index contributed by atoms with van der Waals surface area (Å²) < 4.78 is 5.07. The van der Waals surface area contributed by atoms with Gasteiger partial charge >= 0.3 is 0 Å². The summed E-state index contributed by atoms with van der Waals surface area (Å²) in [6, 6.07) is 7.26.